The molecule has 34 nitrogen and oxygen atoms in total. The predicted molar refractivity (Wildman–Crippen MR) is 374 cm³/mol. The number of rotatable bonds is 50. The van der Waals surface area contributed by atoms with Gasteiger partial charge in [0.05, 0.1) is 70.0 Å². The van der Waals surface area contributed by atoms with E-state index in [0.29, 0.717) is 12.8 Å². The van der Waals surface area contributed by atoms with Crippen molar-refractivity contribution in [3.8, 4) is 0 Å². The molecule has 0 aromatic rings. The highest BCUT2D eigenvalue weighted by Crippen LogP contribution is 2.43. The number of hydrogen-bond donors (Lipinski definition) is 21. The normalized spacial score (nSPS) is 35.1. The van der Waals surface area contributed by atoms with Crippen LogP contribution in [0.4, 0.5) is 0 Å². The van der Waals surface area contributed by atoms with Gasteiger partial charge in [-0.2, -0.15) is 0 Å². The maximum atomic E-state index is 13.5. The largest absolute Gasteiger partial charge is 0.479 e. The van der Waals surface area contributed by atoms with E-state index in [2.05, 4.69) is 29.8 Å². The lowest BCUT2D eigenvalue weighted by Crippen LogP contribution is -2.73. The van der Waals surface area contributed by atoms with E-state index in [1.807, 2.05) is 6.08 Å². The van der Waals surface area contributed by atoms with Gasteiger partial charge >= 0.3 is 5.97 Å². The monoisotopic (exact) mass is 1530 g/mol. The lowest BCUT2D eigenvalue weighted by Gasteiger charge is -2.53. The van der Waals surface area contributed by atoms with Crippen LogP contribution in [0.5, 0.6) is 0 Å². The minimum absolute atomic E-state index is 0.174. The van der Waals surface area contributed by atoms with Gasteiger partial charge < -0.3 is 150 Å². The van der Waals surface area contributed by atoms with Crippen molar-refractivity contribution in [3.05, 3.63) is 12.2 Å². The van der Waals surface area contributed by atoms with E-state index in [-0.39, 0.29) is 12.3 Å². The first kappa shape index (κ1) is 93.2. The van der Waals surface area contributed by atoms with Crippen LogP contribution in [0.1, 0.15) is 201 Å². The maximum absolute atomic E-state index is 13.5. The second-order valence-corrected chi connectivity index (χ2v) is 29.1. The van der Waals surface area contributed by atoms with Gasteiger partial charge in [0.1, 0.15) is 110 Å². The number of nitrogens with one attached hydrogen (secondary N) is 3. The highest BCUT2D eigenvalue weighted by Gasteiger charge is 2.64. The Bertz CT molecular complexity index is 2500. The molecule has 5 fully saturated rings. The third-order valence-electron chi connectivity index (χ3n) is 20.8. The molecule has 0 spiro atoms. The summed E-state index contributed by atoms with van der Waals surface area (Å²) in [5, 5.41) is 209. The second-order valence-electron chi connectivity index (χ2n) is 29.1. The van der Waals surface area contributed by atoms with Crippen LogP contribution < -0.4 is 16.0 Å². The Morgan fingerprint density at radius 3 is 1.42 bits per heavy atom. The van der Waals surface area contributed by atoms with Gasteiger partial charge in [0.15, 0.2) is 30.8 Å². The van der Waals surface area contributed by atoms with Crippen molar-refractivity contribution in [1.82, 2.24) is 16.0 Å². The number of amides is 3. The summed E-state index contributed by atoms with van der Waals surface area (Å²) in [5.74, 6) is -6.51. The molecule has 5 rings (SSSR count). The standard InChI is InChI=1S/C72H129N3O31/c1-5-7-9-11-13-15-17-19-21-23-25-27-29-31-43(83)42(75-50(86)32-30-28-26-24-22-20-18-16-14-12-10-8-6-2)39-98-68-60(93)58(91)63(48(37-79)101-68)104-70-61(94)59(92)62(49(38-80)102-70)103-67-53(74-41(4)82)64(56(89)47(36-78)99-67)105-69-57(90)51(55(88)46(35-77)100-69)66(95)72(71(96)97)33-44(84)52(73-40(3)81)65(106-72)54(87)45(85)34-76/h29,31,42-49,51-70,76-80,83-85,87-95H,5-28,30,32-39H2,1-4H3,(H,73,81)(H,74,82)(H,75,86)(H,96,97)/b31-29+/t42-,43+,44+,45?,46-,47-,48-,49-,51+,52-,53-,54?,55+,56+,57-,58-,59-,60-,61-,62+,63-,64-,65?,66?,67+,68-,69+,70+,72+/m1/s1. The van der Waals surface area contributed by atoms with E-state index in [0.717, 1.165) is 65.2 Å². The fourth-order valence-electron chi connectivity index (χ4n) is 14.6. The molecular weight excluding hydrogens is 1400 g/mol. The number of ether oxygens (including phenoxy) is 9. The molecule has 618 valence electrons. The zero-order valence-electron chi connectivity index (χ0n) is 62.0. The quantitative estimate of drug-likeness (QED) is 0.0227. The highest BCUT2D eigenvalue weighted by atomic mass is 16.8. The van der Waals surface area contributed by atoms with Gasteiger partial charge in [-0.1, -0.05) is 167 Å². The SMILES string of the molecule is CCCCCCCCCCCCC/C=C/[C@H](O)[C@@H](CO[C@@H]1O[C@H](CO)[C@@H](O[C@@H]2O[C@H](CO)[C@H](O[C@@H]3O[C@H](CO)[C@H](O)[C@H](O[C@@H]4O[C@H](CO)[C@H](O)[C@H](C(O)[C@]5(C(=O)O)C[C@H](O)[C@@H](NC(C)=O)C(C(O)C(O)CO)O5)[C@H]4O)[C@H]3NC(C)=O)[C@H](O)[C@H]2O)[C@H](O)[C@H]1O)NC(=O)CCCCCCCCCCCCCCC. The Balaban J connectivity index is 1.27. The molecule has 0 aliphatic carbocycles. The number of carboxylic acids is 1. The van der Waals surface area contributed by atoms with Gasteiger partial charge in [-0.05, 0) is 19.3 Å². The molecule has 106 heavy (non-hydrogen) atoms. The predicted octanol–water partition coefficient (Wildman–Crippen LogP) is -2.19. The summed E-state index contributed by atoms with van der Waals surface area (Å²) in [6.45, 7) is 0.488. The van der Waals surface area contributed by atoms with E-state index in [1.165, 1.54) is 96.3 Å². The molecular formula is C72H129N3O31. The van der Waals surface area contributed by atoms with E-state index in [9.17, 15) is 111 Å². The number of aliphatic carboxylic acids is 1. The summed E-state index contributed by atoms with van der Waals surface area (Å²) < 4.78 is 53.2. The molecule has 0 radical (unpaired) electrons. The Morgan fingerprint density at radius 2 is 0.925 bits per heavy atom. The maximum Gasteiger partial charge on any atom is 0.338 e. The summed E-state index contributed by atoms with van der Waals surface area (Å²) >= 11 is 0. The lowest BCUT2D eigenvalue weighted by atomic mass is 9.72. The average Bonchev–Trinajstić information content (AvgIpc) is 0.743. The van der Waals surface area contributed by atoms with Crippen molar-refractivity contribution >= 4 is 23.7 Å². The van der Waals surface area contributed by atoms with Gasteiger partial charge in [0.25, 0.3) is 0 Å². The van der Waals surface area contributed by atoms with Crippen LogP contribution in [-0.2, 0) is 61.8 Å². The first-order chi connectivity index (χ1) is 50.7. The summed E-state index contributed by atoms with van der Waals surface area (Å²) in [6, 6.07) is -4.67. The Labute approximate surface area is 621 Å². The van der Waals surface area contributed by atoms with Crippen LogP contribution >= 0.6 is 0 Å². The van der Waals surface area contributed by atoms with Gasteiger partial charge in [0.2, 0.25) is 17.7 Å². The number of aliphatic hydroxyl groups excluding tert-OH is 17. The number of carbonyl (C=O) groups excluding carboxylic acids is 3. The number of hydrogen-bond acceptors (Lipinski definition) is 30. The van der Waals surface area contributed by atoms with Crippen molar-refractivity contribution in [1.29, 1.82) is 0 Å². The number of carbonyl (C=O) groups is 4. The number of aliphatic hydroxyl groups is 17. The van der Waals surface area contributed by atoms with Gasteiger partial charge in [-0.3, -0.25) is 14.4 Å². The Morgan fingerprint density at radius 1 is 0.500 bits per heavy atom. The zero-order valence-corrected chi connectivity index (χ0v) is 62.0. The molecule has 21 N–H and O–H groups in total. The summed E-state index contributed by atoms with van der Waals surface area (Å²) in [4.78, 5) is 52.0. The van der Waals surface area contributed by atoms with Gasteiger partial charge in [-0.15, -0.1) is 0 Å². The topological polar surface area (TPSA) is 552 Å². The van der Waals surface area contributed by atoms with E-state index < -0.39 is 241 Å². The minimum atomic E-state index is -3.20. The third kappa shape index (κ3) is 27.2. The summed E-state index contributed by atoms with van der Waals surface area (Å²) in [6.07, 6.45) is -18.4. The summed E-state index contributed by atoms with van der Waals surface area (Å²) in [7, 11) is 0. The molecule has 29 atom stereocenters. The molecule has 0 aromatic heterocycles. The van der Waals surface area contributed by atoms with Gasteiger partial charge in [-0.25, -0.2) is 4.79 Å². The third-order valence-corrected chi connectivity index (χ3v) is 20.8. The van der Waals surface area contributed by atoms with E-state index in [4.69, 9.17) is 42.6 Å². The van der Waals surface area contributed by atoms with Crippen LogP contribution in [0.15, 0.2) is 12.2 Å². The molecule has 0 bridgehead atoms. The molecule has 5 aliphatic heterocycles. The van der Waals surface area contributed by atoms with Crippen LogP contribution in [0.25, 0.3) is 0 Å². The van der Waals surface area contributed by atoms with Crippen molar-refractivity contribution < 1.29 is 154 Å². The Hall–Kier alpha value is -3.42. The lowest BCUT2D eigenvalue weighted by molar-refractivity contribution is -0.380. The molecule has 0 aromatic carbocycles. The van der Waals surface area contributed by atoms with Crippen LogP contribution in [0.3, 0.4) is 0 Å². The molecule has 4 unspecified atom stereocenters. The molecule has 3 amide bonds. The van der Waals surface area contributed by atoms with Crippen molar-refractivity contribution in [3.63, 3.8) is 0 Å². The van der Waals surface area contributed by atoms with Crippen LogP contribution in [-0.4, -0.2) is 326 Å². The number of carboxylic acid groups (broad SMARTS) is 1. The minimum Gasteiger partial charge on any atom is -0.479 e. The molecule has 5 saturated heterocycles. The van der Waals surface area contributed by atoms with E-state index >= 15 is 0 Å². The number of allylic oxidation sites excluding steroid dienone is 1. The smallest absolute Gasteiger partial charge is 0.338 e. The first-order valence-corrected chi connectivity index (χ1v) is 38.5. The average molecular weight is 1530 g/mol. The molecule has 5 aliphatic rings. The van der Waals surface area contributed by atoms with Gasteiger partial charge in [0, 0.05) is 32.6 Å². The fourth-order valence-corrected chi connectivity index (χ4v) is 14.6. The van der Waals surface area contributed by atoms with Crippen molar-refractivity contribution in [2.24, 2.45) is 5.92 Å². The molecule has 5 heterocycles. The van der Waals surface area contributed by atoms with E-state index in [1.54, 1.807) is 6.08 Å². The number of unbranched alkanes of at least 4 members (excludes halogenated alkanes) is 23. The molecule has 34 heteroatoms. The first-order valence-electron chi connectivity index (χ1n) is 38.5. The van der Waals surface area contributed by atoms with Crippen LogP contribution in [0.2, 0.25) is 0 Å². The van der Waals surface area contributed by atoms with Crippen LogP contribution in [0, 0.1) is 5.92 Å². The zero-order chi connectivity index (χ0) is 78.2. The highest BCUT2D eigenvalue weighted by molar-refractivity contribution is 5.79. The van der Waals surface area contributed by atoms with Crippen molar-refractivity contribution in [2.45, 2.75) is 372 Å². The van der Waals surface area contributed by atoms with Crippen molar-refractivity contribution in [2.75, 3.05) is 39.6 Å². The molecule has 0 saturated carbocycles. The second kappa shape index (κ2) is 48.5. The fraction of sp³-hybridized carbons (Fsp3) is 0.917. The Kier molecular flexibility index (Phi) is 42.6. The summed E-state index contributed by atoms with van der Waals surface area (Å²) in [5.41, 5.74) is -3.20.